The molecule has 1 saturated heterocycles. The summed E-state index contributed by atoms with van der Waals surface area (Å²) >= 11 is 0. The minimum Gasteiger partial charge on any atom is -0.454 e. The van der Waals surface area contributed by atoms with Crippen LogP contribution in [0.5, 0.6) is 0 Å². The second-order valence-electron chi connectivity index (χ2n) is 11.0. The molecule has 5 aliphatic rings. The number of rotatable bonds is 6. The number of esters is 1. The number of aliphatic hydroxyl groups excluding tert-OH is 1. The number of nitro benzene ring substituents is 1. The number of anilines is 1. The number of nitrogens with one attached hydrogen (secondary N) is 1. The van der Waals surface area contributed by atoms with Gasteiger partial charge in [0.2, 0.25) is 5.91 Å². The Balaban J connectivity index is 1.22. The van der Waals surface area contributed by atoms with Crippen molar-refractivity contribution in [2.75, 3.05) is 18.5 Å². The van der Waals surface area contributed by atoms with Gasteiger partial charge in [-0.25, -0.2) is 4.79 Å². The molecule has 4 saturated carbocycles. The second kappa shape index (κ2) is 8.89. The van der Waals surface area contributed by atoms with Gasteiger partial charge in [0.15, 0.2) is 6.61 Å². The summed E-state index contributed by atoms with van der Waals surface area (Å²) in [7, 11) is 0. The Morgan fingerprint density at radius 3 is 2.37 bits per heavy atom. The van der Waals surface area contributed by atoms with Gasteiger partial charge >= 0.3 is 5.97 Å². The van der Waals surface area contributed by atoms with E-state index in [1.54, 1.807) is 6.92 Å². The van der Waals surface area contributed by atoms with Crippen LogP contribution in [0.15, 0.2) is 18.2 Å². The third-order valence-corrected chi connectivity index (χ3v) is 8.36. The molecule has 5 fully saturated rings. The third kappa shape index (κ3) is 4.51. The first-order chi connectivity index (χ1) is 16.6. The number of ether oxygens (including phenoxy) is 1. The molecule has 35 heavy (non-hydrogen) atoms. The van der Waals surface area contributed by atoms with Crippen molar-refractivity contribution in [3.05, 3.63) is 33.9 Å². The van der Waals surface area contributed by atoms with E-state index in [2.05, 4.69) is 5.32 Å². The molecule has 2 atom stereocenters. The summed E-state index contributed by atoms with van der Waals surface area (Å²) in [5.41, 5.74) is 0.284. The number of aliphatic hydroxyl groups is 1. The SMILES string of the molecule is Cc1ccc([N+](=O)[O-])cc1NC(=O)COC(=O)[C@@H]1CC(O)CN1C(=O)C12CC3CC(CC(C3)C1)C2. The topological polar surface area (TPSA) is 139 Å². The van der Waals surface area contributed by atoms with Crippen molar-refractivity contribution in [3.63, 3.8) is 0 Å². The van der Waals surface area contributed by atoms with Gasteiger partial charge in [-0.2, -0.15) is 0 Å². The second-order valence-corrected chi connectivity index (χ2v) is 11.0. The number of benzene rings is 1. The highest BCUT2D eigenvalue weighted by Gasteiger charge is 2.57. The van der Waals surface area contributed by atoms with Gasteiger partial charge < -0.3 is 20.1 Å². The van der Waals surface area contributed by atoms with Crippen molar-refractivity contribution in [2.24, 2.45) is 23.2 Å². The number of amides is 2. The highest BCUT2D eigenvalue weighted by Crippen LogP contribution is 2.60. The first-order valence-electron chi connectivity index (χ1n) is 12.3. The molecule has 10 nitrogen and oxygen atoms in total. The minimum atomic E-state index is -0.919. The Labute approximate surface area is 203 Å². The number of nitrogens with zero attached hydrogens (tertiary/aromatic N) is 2. The monoisotopic (exact) mass is 485 g/mol. The van der Waals surface area contributed by atoms with Gasteiger partial charge in [0.05, 0.1) is 22.1 Å². The number of nitro groups is 1. The Morgan fingerprint density at radius 1 is 1.14 bits per heavy atom. The predicted molar refractivity (Wildman–Crippen MR) is 124 cm³/mol. The lowest BCUT2D eigenvalue weighted by molar-refractivity contribution is -0.384. The zero-order valence-corrected chi connectivity index (χ0v) is 19.8. The van der Waals surface area contributed by atoms with Crippen LogP contribution in [0.2, 0.25) is 0 Å². The van der Waals surface area contributed by atoms with Crippen LogP contribution in [0.4, 0.5) is 11.4 Å². The molecule has 6 rings (SSSR count). The molecule has 2 N–H and O–H groups in total. The molecule has 1 aromatic rings. The van der Waals surface area contributed by atoms with E-state index in [1.807, 2.05) is 0 Å². The fourth-order valence-electron chi connectivity index (χ4n) is 7.22. The van der Waals surface area contributed by atoms with Gasteiger partial charge in [-0.1, -0.05) is 6.07 Å². The van der Waals surface area contributed by atoms with Gasteiger partial charge in [0, 0.05) is 25.1 Å². The first kappa shape index (κ1) is 23.7. The molecule has 0 radical (unpaired) electrons. The molecule has 1 unspecified atom stereocenters. The fourth-order valence-corrected chi connectivity index (χ4v) is 7.22. The molecule has 1 aromatic carbocycles. The van der Waals surface area contributed by atoms with Crippen molar-refractivity contribution in [1.82, 2.24) is 4.90 Å². The average molecular weight is 486 g/mol. The number of non-ortho nitro benzene ring substituents is 1. The van der Waals surface area contributed by atoms with Gasteiger partial charge in [0.25, 0.3) is 11.6 Å². The molecule has 1 aliphatic heterocycles. The molecule has 0 spiro atoms. The Kier molecular flexibility index (Phi) is 6.03. The number of hydrogen-bond acceptors (Lipinski definition) is 7. The van der Waals surface area contributed by atoms with E-state index in [0.29, 0.717) is 23.3 Å². The predicted octanol–water partition coefficient (Wildman–Crippen LogP) is 2.56. The van der Waals surface area contributed by atoms with Gasteiger partial charge in [-0.05, 0) is 68.8 Å². The lowest BCUT2D eigenvalue weighted by Gasteiger charge is -2.56. The quantitative estimate of drug-likeness (QED) is 0.359. The van der Waals surface area contributed by atoms with Crippen molar-refractivity contribution >= 4 is 29.2 Å². The molecule has 188 valence electrons. The normalized spacial score (nSPS) is 33.0. The van der Waals surface area contributed by atoms with E-state index in [1.165, 1.54) is 42.4 Å². The summed E-state index contributed by atoms with van der Waals surface area (Å²) in [5, 5.41) is 23.8. The van der Waals surface area contributed by atoms with E-state index >= 15 is 0 Å². The zero-order chi connectivity index (χ0) is 24.9. The summed E-state index contributed by atoms with van der Waals surface area (Å²) < 4.78 is 5.24. The standard InChI is InChI=1S/C25H31N3O7/c1-14-2-3-18(28(33)34)7-20(14)26-22(30)13-35-23(31)21-8-19(29)12-27(21)24(32)25-9-15-4-16(10-25)6-17(5-15)11-25/h2-3,7,15-17,19,21,29H,4-6,8-13H2,1H3,(H,26,30)/t15?,16?,17?,19?,21-,25?/m0/s1. The van der Waals surface area contributed by atoms with Crippen LogP contribution < -0.4 is 5.32 Å². The number of β-amino-alcohol motifs (C(OH)–C–C–N with tert-alkyl or cyclic N) is 1. The number of carbonyl (C=O) groups excluding carboxylic acids is 3. The van der Waals surface area contributed by atoms with Crippen LogP contribution in [0, 0.1) is 40.2 Å². The molecule has 10 heteroatoms. The highest BCUT2D eigenvalue weighted by atomic mass is 16.6. The first-order valence-corrected chi connectivity index (χ1v) is 12.3. The van der Waals surface area contributed by atoms with E-state index in [0.717, 1.165) is 19.3 Å². The lowest BCUT2D eigenvalue weighted by Crippen LogP contribution is -2.56. The molecule has 4 aliphatic carbocycles. The number of aryl methyl sites for hydroxylation is 1. The van der Waals surface area contributed by atoms with Gasteiger partial charge in [-0.3, -0.25) is 19.7 Å². The molecule has 1 heterocycles. The van der Waals surface area contributed by atoms with Crippen LogP contribution >= 0.6 is 0 Å². The van der Waals surface area contributed by atoms with Crippen LogP contribution in [0.1, 0.15) is 50.5 Å². The molecule has 2 amide bonds. The Hall–Kier alpha value is -3.01. The van der Waals surface area contributed by atoms with E-state index in [9.17, 15) is 29.6 Å². The maximum absolute atomic E-state index is 13.7. The van der Waals surface area contributed by atoms with Crippen LogP contribution in [0.3, 0.4) is 0 Å². The molecular formula is C25H31N3O7. The van der Waals surface area contributed by atoms with Crippen LogP contribution in [-0.2, 0) is 19.1 Å². The van der Waals surface area contributed by atoms with Crippen LogP contribution in [0.25, 0.3) is 0 Å². The summed E-state index contributed by atoms with van der Waals surface area (Å²) in [6.45, 7) is 1.20. The molecule has 4 bridgehead atoms. The molecular weight excluding hydrogens is 454 g/mol. The zero-order valence-electron chi connectivity index (χ0n) is 19.8. The van der Waals surface area contributed by atoms with Crippen LogP contribution in [-0.4, -0.2) is 58.0 Å². The Bertz CT molecular complexity index is 1040. The summed E-state index contributed by atoms with van der Waals surface area (Å²) in [6.07, 6.45) is 5.43. The fraction of sp³-hybridized carbons (Fsp3) is 0.640. The van der Waals surface area contributed by atoms with Gasteiger partial charge in [-0.15, -0.1) is 0 Å². The maximum atomic E-state index is 13.7. The van der Waals surface area contributed by atoms with E-state index in [4.69, 9.17) is 4.74 Å². The largest absolute Gasteiger partial charge is 0.454 e. The lowest BCUT2D eigenvalue weighted by atomic mass is 9.49. The summed E-state index contributed by atoms with van der Waals surface area (Å²) in [6, 6.07) is 3.19. The average Bonchev–Trinajstić information content (AvgIpc) is 3.19. The number of likely N-dealkylation sites (tertiary alicyclic amines) is 1. The molecule has 0 aromatic heterocycles. The smallest absolute Gasteiger partial charge is 0.329 e. The number of hydrogen-bond donors (Lipinski definition) is 2. The van der Waals surface area contributed by atoms with Crippen molar-refractivity contribution in [1.29, 1.82) is 0 Å². The highest BCUT2D eigenvalue weighted by molar-refractivity contribution is 5.95. The van der Waals surface area contributed by atoms with E-state index in [-0.39, 0.29) is 30.2 Å². The Morgan fingerprint density at radius 2 is 1.77 bits per heavy atom. The maximum Gasteiger partial charge on any atom is 0.329 e. The van der Waals surface area contributed by atoms with E-state index < -0.39 is 41.0 Å². The summed E-state index contributed by atoms with van der Waals surface area (Å²) in [5.74, 6) is 0.314. The van der Waals surface area contributed by atoms with Gasteiger partial charge in [0.1, 0.15) is 6.04 Å². The van der Waals surface area contributed by atoms with Crippen molar-refractivity contribution in [3.8, 4) is 0 Å². The van der Waals surface area contributed by atoms with Crippen molar-refractivity contribution in [2.45, 2.75) is 64.0 Å². The van der Waals surface area contributed by atoms with Crippen molar-refractivity contribution < 1.29 is 29.2 Å². The minimum absolute atomic E-state index is 0.0493. The number of carbonyl (C=O) groups is 3. The summed E-state index contributed by atoms with van der Waals surface area (Å²) in [4.78, 5) is 51.0. The third-order valence-electron chi connectivity index (χ3n) is 8.36.